The highest BCUT2D eigenvalue weighted by Gasteiger charge is 2.25. The molecular formula is C20H30N2O3. The van der Waals surface area contributed by atoms with Crippen LogP contribution in [0.1, 0.15) is 38.9 Å². The van der Waals surface area contributed by atoms with E-state index in [4.69, 9.17) is 9.15 Å². The Morgan fingerprint density at radius 1 is 1.24 bits per heavy atom. The third-order valence-corrected chi connectivity index (χ3v) is 5.21. The SMILES string of the molecule is C[C@H]1CN(CCC2CCN(C(=O)/C=C/c3ccco3)CC2)C[C@H](C)O1. The third kappa shape index (κ3) is 5.44. The maximum atomic E-state index is 12.3. The molecule has 0 N–H and O–H groups in total. The lowest BCUT2D eigenvalue weighted by atomic mass is 9.93. The van der Waals surface area contributed by atoms with Crippen molar-refractivity contribution in [2.45, 2.75) is 45.3 Å². The Balaban J connectivity index is 1.37. The molecule has 1 aromatic heterocycles. The number of carbonyl (C=O) groups is 1. The molecule has 0 bridgehead atoms. The number of piperidine rings is 1. The molecule has 3 rings (SSSR count). The monoisotopic (exact) mass is 346 g/mol. The minimum absolute atomic E-state index is 0.0886. The summed E-state index contributed by atoms with van der Waals surface area (Å²) in [5.74, 6) is 1.54. The molecule has 5 nitrogen and oxygen atoms in total. The predicted octanol–water partition coefficient (Wildman–Crippen LogP) is 3.03. The topological polar surface area (TPSA) is 45.9 Å². The molecule has 0 spiro atoms. The van der Waals surface area contributed by atoms with E-state index in [0.29, 0.717) is 12.2 Å². The van der Waals surface area contributed by atoms with E-state index >= 15 is 0 Å². The first kappa shape index (κ1) is 18.2. The average molecular weight is 346 g/mol. The highest BCUT2D eigenvalue weighted by Crippen LogP contribution is 2.22. The summed E-state index contributed by atoms with van der Waals surface area (Å²) in [7, 11) is 0. The Kier molecular flexibility index (Phi) is 6.32. The van der Waals surface area contributed by atoms with Crippen LogP contribution in [0.25, 0.3) is 6.08 Å². The summed E-state index contributed by atoms with van der Waals surface area (Å²) in [6, 6.07) is 3.68. The van der Waals surface area contributed by atoms with Crippen LogP contribution in [0.15, 0.2) is 28.9 Å². The van der Waals surface area contributed by atoms with Crippen molar-refractivity contribution in [2.24, 2.45) is 5.92 Å². The number of likely N-dealkylation sites (tertiary alicyclic amines) is 1. The largest absolute Gasteiger partial charge is 0.465 e. The van der Waals surface area contributed by atoms with Crippen molar-refractivity contribution >= 4 is 12.0 Å². The Bertz CT molecular complexity index is 552. The average Bonchev–Trinajstić information content (AvgIpc) is 3.11. The maximum Gasteiger partial charge on any atom is 0.246 e. The Morgan fingerprint density at radius 2 is 1.96 bits per heavy atom. The highest BCUT2D eigenvalue weighted by atomic mass is 16.5. The van der Waals surface area contributed by atoms with Gasteiger partial charge in [0.05, 0.1) is 18.5 Å². The fourth-order valence-electron chi connectivity index (χ4n) is 3.92. The number of amides is 1. The second-order valence-electron chi connectivity index (χ2n) is 7.42. The van der Waals surface area contributed by atoms with Crippen molar-refractivity contribution in [1.29, 1.82) is 0 Å². The maximum absolute atomic E-state index is 12.3. The first-order chi connectivity index (χ1) is 12.1. The summed E-state index contributed by atoms with van der Waals surface area (Å²) >= 11 is 0. The summed E-state index contributed by atoms with van der Waals surface area (Å²) in [6.45, 7) is 9.27. The summed E-state index contributed by atoms with van der Waals surface area (Å²) in [5.41, 5.74) is 0. The van der Waals surface area contributed by atoms with E-state index < -0.39 is 0 Å². The molecule has 138 valence electrons. The zero-order chi connectivity index (χ0) is 17.6. The lowest BCUT2D eigenvalue weighted by Crippen LogP contribution is -2.46. The molecule has 0 unspecified atom stereocenters. The van der Waals surface area contributed by atoms with Crippen LogP contribution in [0.3, 0.4) is 0 Å². The van der Waals surface area contributed by atoms with Gasteiger partial charge >= 0.3 is 0 Å². The second kappa shape index (κ2) is 8.68. The number of nitrogens with zero attached hydrogens (tertiary/aromatic N) is 2. The number of furan rings is 1. The van der Waals surface area contributed by atoms with Crippen LogP contribution in [0, 0.1) is 5.92 Å². The van der Waals surface area contributed by atoms with Gasteiger partial charge in [-0.05, 0) is 63.8 Å². The van der Waals surface area contributed by atoms with E-state index in [-0.39, 0.29) is 5.91 Å². The van der Waals surface area contributed by atoms with Gasteiger partial charge in [0.1, 0.15) is 5.76 Å². The Hall–Kier alpha value is -1.59. The van der Waals surface area contributed by atoms with E-state index in [0.717, 1.165) is 57.2 Å². The summed E-state index contributed by atoms with van der Waals surface area (Å²) < 4.78 is 11.0. The number of rotatable bonds is 5. The Labute approximate surface area is 150 Å². The van der Waals surface area contributed by atoms with Crippen molar-refractivity contribution in [2.75, 3.05) is 32.7 Å². The van der Waals surface area contributed by atoms with Gasteiger partial charge in [-0.2, -0.15) is 0 Å². The molecule has 25 heavy (non-hydrogen) atoms. The summed E-state index contributed by atoms with van der Waals surface area (Å²) in [4.78, 5) is 16.7. The standard InChI is InChI=1S/C20H30N2O3/c1-16-14-21(15-17(2)25-16)10-7-18-8-11-22(12-9-18)20(23)6-5-19-4-3-13-24-19/h3-6,13,16-18H,7-12,14-15H2,1-2H3/b6-5+/t16-,17-/m0/s1. The molecule has 2 aliphatic rings. The number of hydrogen-bond donors (Lipinski definition) is 0. The molecule has 5 heteroatoms. The van der Waals surface area contributed by atoms with Gasteiger partial charge in [-0.25, -0.2) is 0 Å². The van der Waals surface area contributed by atoms with Crippen LogP contribution >= 0.6 is 0 Å². The third-order valence-electron chi connectivity index (χ3n) is 5.21. The van der Waals surface area contributed by atoms with Gasteiger partial charge in [-0.3, -0.25) is 9.69 Å². The van der Waals surface area contributed by atoms with Crippen molar-refractivity contribution in [3.63, 3.8) is 0 Å². The molecule has 1 aromatic rings. The molecule has 2 aliphatic heterocycles. The van der Waals surface area contributed by atoms with Gasteiger partial charge in [-0.15, -0.1) is 0 Å². The minimum atomic E-state index is 0.0886. The molecule has 2 atom stereocenters. The molecule has 0 aromatic carbocycles. The first-order valence-corrected chi connectivity index (χ1v) is 9.48. The van der Waals surface area contributed by atoms with Crippen LogP contribution < -0.4 is 0 Å². The number of morpholine rings is 1. The van der Waals surface area contributed by atoms with Gasteiger partial charge in [-0.1, -0.05) is 0 Å². The molecule has 0 saturated carbocycles. The van der Waals surface area contributed by atoms with Gasteiger partial charge < -0.3 is 14.1 Å². The zero-order valence-corrected chi connectivity index (χ0v) is 15.4. The van der Waals surface area contributed by atoms with Crippen molar-refractivity contribution in [3.05, 3.63) is 30.2 Å². The molecule has 0 radical (unpaired) electrons. The smallest absolute Gasteiger partial charge is 0.246 e. The van der Waals surface area contributed by atoms with Gasteiger partial charge in [0, 0.05) is 32.3 Å². The lowest BCUT2D eigenvalue weighted by Gasteiger charge is -2.37. The normalized spacial score (nSPS) is 26.4. The molecular weight excluding hydrogens is 316 g/mol. The fourth-order valence-corrected chi connectivity index (χ4v) is 3.92. The van der Waals surface area contributed by atoms with E-state index in [1.807, 2.05) is 17.0 Å². The van der Waals surface area contributed by atoms with E-state index in [9.17, 15) is 4.79 Å². The first-order valence-electron chi connectivity index (χ1n) is 9.48. The highest BCUT2D eigenvalue weighted by molar-refractivity contribution is 5.91. The molecule has 2 saturated heterocycles. The van der Waals surface area contributed by atoms with Crippen LogP contribution in [0.5, 0.6) is 0 Å². The molecule has 2 fully saturated rings. The second-order valence-corrected chi connectivity index (χ2v) is 7.42. The zero-order valence-electron chi connectivity index (χ0n) is 15.4. The van der Waals surface area contributed by atoms with Crippen LogP contribution in [0.2, 0.25) is 0 Å². The van der Waals surface area contributed by atoms with E-state index in [1.54, 1.807) is 18.4 Å². The minimum Gasteiger partial charge on any atom is -0.465 e. The molecule has 0 aliphatic carbocycles. The van der Waals surface area contributed by atoms with Crippen LogP contribution in [0.4, 0.5) is 0 Å². The molecule has 3 heterocycles. The van der Waals surface area contributed by atoms with Gasteiger partial charge in [0.2, 0.25) is 5.91 Å². The van der Waals surface area contributed by atoms with Gasteiger partial charge in [0.15, 0.2) is 0 Å². The van der Waals surface area contributed by atoms with Crippen LogP contribution in [-0.4, -0.2) is 60.6 Å². The van der Waals surface area contributed by atoms with Crippen molar-refractivity contribution in [3.8, 4) is 0 Å². The van der Waals surface area contributed by atoms with Gasteiger partial charge in [0.25, 0.3) is 0 Å². The Morgan fingerprint density at radius 3 is 2.60 bits per heavy atom. The van der Waals surface area contributed by atoms with E-state index in [1.165, 1.54) is 6.42 Å². The van der Waals surface area contributed by atoms with Crippen LogP contribution in [-0.2, 0) is 9.53 Å². The number of carbonyl (C=O) groups excluding carboxylic acids is 1. The fraction of sp³-hybridized carbons (Fsp3) is 0.650. The lowest BCUT2D eigenvalue weighted by molar-refractivity contribution is -0.127. The van der Waals surface area contributed by atoms with Crippen molar-refractivity contribution in [1.82, 2.24) is 9.80 Å². The van der Waals surface area contributed by atoms with Crippen molar-refractivity contribution < 1.29 is 13.9 Å². The predicted molar refractivity (Wildman–Crippen MR) is 98.1 cm³/mol. The van der Waals surface area contributed by atoms with E-state index in [2.05, 4.69) is 18.7 Å². The summed E-state index contributed by atoms with van der Waals surface area (Å²) in [5, 5.41) is 0. The number of hydrogen-bond acceptors (Lipinski definition) is 4. The quantitative estimate of drug-likeness (QED) is 0.769. The molecule has 1 amide bonds. The number of ether oxygens (including phenoxy) is 1. The summed E-state index contributed by atoms with van der Waals surface area (Å²) in [6.07, 6.45) is 9.10.